The lowest BCUT2D eigenvalue weighted by Crippen LogP contribution is -2.48. The molecule has 1 saturated heterocycles. The fourth-order valence-electron chi connectivity index (χ4n) is 3.15. The van der Waals surface area contributed by atoms with Crippen molar-refractivity contribution in [2.75, 3.05) is 13.1 Å². The maximum Gasteiger partial charge on any atom is 0.131 e. The van der Waals surface area contributed by atoms with Gasteiger partial charge >= 0.3 is 0 Å². The van der Waals surface area contributed by atoms with Gasteiger partial charge in [-0.3, -0.25) is 4.90 Å². The second-order valence-electron chi connectivity index (χ2n) is 6.48. The van der Waals surface area contributed by atoms with Crippen molar-refractivity contribution in [2.45, 2.75) is 31.7 Å². The van der Waals surface area contributed by atoms with Crippen LogP contribution in [0.15, 0.2) is 42.5 Å². The molecule has 2 aromatic carbocycles. The normalized spacial score (nSPS) is 19.7. The summed E-state index contributed by atoms with van der Waals surface area (Å²) in [5.41, 5.74) is 7.37. The van der Waals surface area contributed by atoms with Crippen molar-refractivity contribution in [2.24, 2.45) is 5.73 Å². The number of piperidine rings is 1. The predicted octanol–water partition coefficient (Wildman–Crippen LogP) is 3.80. The number of ether oxygens (including phenoxy) is 1. The third kappa shape index (κ3) is 6.79. The summed E-state index contributed by atoms with van der Waals surface area (Å²) in [5, 5.41) is 10.2. The van der Waals surface area contributed by atoms with Crippen LogP contribution in [0.2, 0.25) is 5.02 Å². The van der Waals surface area contributed by atoms with Crippen LogP contribution in [0, 0.1) is 5.82 Å². The molecule has 4 nitrogen and oxygen atoms in total. The Morgan fingerprint density at radius 1 is 1.19 bits per heavy atom. The Bertz CT molecular complexity index is 706. The number of hydrogen-bond donors (Lipinski definition) is 2. The molecule has 0 aromatic heterocycles. The first kappa shape index (κ1) is 24.0. The van der Waals surface area contributed by atoms with Crippen molar-refractivity contribution in [1.82, 2.24) is 4.90 Å². The lowest BCUT2D eigenvalue weighted by molar-refractivity contribution is 0.0564. The van der Waals surface area contributed by atoms with Gasteiger partial charge in [0.15, 0.2) is 0 Å². The third-order valence-electron chi connectivity index (χ3n) is 4.29. The number of rotatable bonds is 5. The summed E-state index contributed by atoms with van der Waals surface area (Å²) in [7, 11) is 0. The molecule has 150 valence electrons. The SMILES string of the molecule is Cl.Cl.N[C@H]1C[C@@H](O)CN(Cc2cccc(OCc3c(F)cccc3Cl)c2)C1. The molecule has 0 spiro atoms. The Kier molecular flexibility index (Phi) is 9.81. The number of benzene rings is 2. The molecule has 0 saturated carbocycles. The Balaban J connectivity index is 0.00000182. The fraction of sp³-hybridized carbons (Fsp3) is 0.368. The predicted molar refractivity (Wildman–Crippen MR) is 111 cm³/mol. The first-order chi connectivity index (χ1) is 12.0. The van der Waals surface area contributed by atoms with Gasteiger partial charge in [0.2, 0.25) is 0 Å². The topological polar surface area (TPSA) is 58.7 Å². The van der Waals surface area contributed by atoms with Crippen LogP contribution in [0.1, 0.15) is 17.5 Å². The highest BCUT2D eigenvalue weighted by Gasteiger charge is 2.23. The molecule has 27 heavy (non-hydrogen) atoms. The second-order valence-corrected chi connectivity index (χ2v) is 6.89. The molecule has 0 amide bonds. The second kappa shape index (κ2) is 11.1. The van der Waals surface area contributed by atoms with Crippen molar-refractivity contribution < 1.29 is 14.2 Å². The molecule has 8 heteroatoms. The number of β-amino-alcohol motifs (C(OH)–C–C–N with tert-alkyl or cyclic N) is 1. The van der Waals surface area contributed by atoms with E-state index in [1.165, 1.54) is 6.07 Å². The van der Waals surface area contributed by atoms with Crippen molar-refractivity contribution in [1.29, 1.82) is 0 Å². The van der Waals surface area contributed by atoms with Gasteiger partial charge in [-0.1, -0.05) is 29.8 Å². The highest BCUT2D eigenvalue weighted by atomic mass is 35.5. The van der Waals surface area contributed by atoms with Gasteiger partial charge in [-0.05, 0) is 36.2 Å². The van der Waals surface area contributed by atoms with Crippen molar-refractivity contribution in [3.63, 3.8) is 0 Å². The Morgan fingerprint density at radius 3 is 2.63 bits per heavy atom. The summed E-state index contributed by atoms with van der Waals surface area (Å²) in [6.07, 6.45) is 0.259. The number of likely N-dealkylation sites (tertiary alicyclic amines) is 1. The Hall–Kier alpha value is -1.08. The zero-order chi connectivity index (χ0) is 17.8. The molecule has 0 aliphatic carbocycles. The first-order valence-electron chi connectivity index (χ1n) is 8.32. The molecule has 1 fully saturated rings. The average molecular weight is 438 g/mol. The number of hydrogen-bond acceptors (Lipinski definition) is 4. The monoisotopic (exact) mass is 436 g/mol. The number of aliphatic hydroxyl groups is 1. The quantitative estimate of drug-likeness (QED) is 0.747. The molecule has 2 atom stereocenters. The van der Waals surface area contributed by atoms with E-state index < -0.39 is 0 Å². The largest absolute Gasteiger partial charge is 0.489 e. The van der Waals surface area contributed by atoms with Crippen LogP contribution in [-0.4, -0.2) is 35.2 Å². The fourth-order valence-corrected chi connectivity index (χ4v) is 3.37. The summed E-state index contributed by atoms with van der Waals surface area (Å²) in [5.74, 6) is 0.277. The minimum Gasteiger partial charge on any atom is -0.489 e. The number of nitrogens with zero attached hydrogens (tertiary/aromatic N) is 1. The summed E-state index contributed by atoms with van der Waals surface area (Å²) in [4.78, 5) is 2.13. The number of halogens is 4. The highest BCUT2D eigenvalue weighted by Crippen LogP contribution is 2.23. The van der Waals surface area contributed by atoms with Gasteiger partial charge in [-0.25, -0.2) is 4.39 Å². The van der Waals surface area contributed by atoms with Crippen LogP contribution < -0.4 is 10.5 Å². The van der Waals surface area contributed by atoms with Crippen LogP contribution in [0.3, 0.4) is 0 Å². The van der Waals surface area contributed by atoms with Gasteiger partial charge in [0.25, 0.3) is 0 Å². The van der Waals surface area contributed by atoms with Gasteiger partial charge < -0.3 is 15.6 Å². The van der Waals surface area contributed by atoms with Crippen LogP contribution in [0.25, 0.3) is 0 Å². The van der Waals surface area contributed by atoms with Crippen LogP contribution in [-0.2, 0) is 13.2 Å². The molecule has 2 aromatic rings. The van der Waals surface area contributed by atoms with E-state index in [4.69, 9.17) is 22.1 Å². The smallest absolute Gasteiger partial charge is 0.131 e. The van der Waals surface area contributed by atoms with E-state index in [9.17, 15) is 9.50 Å². The van der Waals surface area contributed by atoms with E-state index in [-0.39, 0.29) is 49.4 Å². The van der Waals surface area contributed by atoms with Crippen molar-refractivity contribution >= 4 is 36.4 Å². The minimum absolute atomic E-state index is 0. The van der Waals surface area contributed by atoms with Gasteiger partial charge in [0.05, 0.1) is 11.1 Å². The summed E-state index contributed by atoms with van der Waals surface area (Å²) >= 11 is 6.02. The molecule has 0 radical (unpaired) electrons. The van der Waals surface area contributed by atoms with Crippen molar-refractivity contribution in [3.8, 4) is 5.75 Å². The maximum atomic E-state index is 13.8. The summed E-state index contributed by atoms with van der Waals surface area (Å²) in [6.45, 7) is 2.13. The van der Waals surface area contributed by atoms with E-state index >= 15 is 0 Å². The van der Waals surface area contributed by atoms with Crippen molar-refractivity contribution in [3.05, 3.63) is 64.4 Å². The molecular formula is C19H24Cl3FN2O2. The Labute approximate surface area is 176 Å². The van der Waals surface area contributed by atoms with Crippen LogP contribution >= 0.6 is 36.4 Å². The van der Waals surface area contributed by atoms with E-state index in [0.29, 0.717) is 35.8 Å². The average Bonchev–Trinajstić information content (AvgIpc) is 2.54. The third-order valence-corrected chi connectivity index (χ3v) is 4.64. The molecule has 3 rings (SSSR count). The Morgan fingerprint density at radius 2 is 1.93 bits per heavy atom. The van der Waals surface area contributed by atoms with Crippen LogP contribution in [0.5, 0.6) is 5.75 Å². The van der Waals surface area contributed by atoms with Crippen LogP contribution in [0.4, 0.5) is 4.39 Å². The molecule has 1 aliphatic rings. The summed E-state index contributed by atoms with van der Waals surface area (Å²) < 4.78 is 19.5. The molecule has 1 heterocycles. The van der Waals surface area contributed by atoms with E-state index in [1.807, 2.05) is 24.3 Å². The zero-order valence-corrected chi connectivity index (χ0v) is 17.1. The van der Waals surface area contributed by atoms with Gasteiger partial charge in [-0.2, -0.15) is 0 Å². The van der Waals surface area contributed by atoms with E-state index in [0.717, 1.165) is 12.1 Å². The molecular weight excluding hydrogens is 414 g/mol. The van der Waals surface area contributed by atoms with Gasteiger partial charge in [0.1, 0.15) is 18.2 Å². The molecule has 3 N–H and O–H groups in total. The minimum atomic E-state index is -0.383. The highest BCUT2D eigenvalue weighted by molar-refractivity contribution is 6.31. The summed E-state index contributed by atoms with van der Waals surface area (Å²) in [6, 6.07) is 12.2. The van der Waals surface area contributed by atoms with E-state index in [1.54, 1.807) is 12.1 Å². The van der Waals surface area contributed by atoms with Gasteiger partial charge in [-0.15, -0.1) is 24.8 Å². The molecule has 0 unspecified atom stereocenters. The number of aliphatic hydroxyl groups excluding tert-OH is 1. The zero-order valence-electron chi connectivity index (χ0n) is 14.7. The number of nitrogens with two attached hydrogens (primary N) is 1. The molecule has 1 aliphatic heterocycles. The molecule has 0 bridgehead atoms. The standard InChI is InChI=1S/C19H22ClFN2O2.2ClH/c20-18-5-2-6-19(21)17(18)12-25-16-4-1-3-13(7-16)9-23-10-14(22)8-15(24)11-23;;/h1-7,14-15,24H,8-12,22H2;2*1H/t14-,15+;;/m0../s1. The lowest BCUT2D eigenvalue weighted by Gasteiger charge is -2.33. The van der Waals surface area contributed by atoms with Gasteiger partial charge in [0, 0.05) is 31.2 Å². The lowest BCUT2D eigenvalue weighted by atomic mass is 10.0. The first-order valence-corrected chi connectivity index (χ1v) is 8.69. The van der Waals surface area contributed by atoms with E-state index in [2.05, 4.69) is 4.90 Å². The maximum absolute atomic E-state index is 13.8.